The van der Waals surface area contributed by atoms with Gasteiger partial charge in [-0.1, -0.05) is 22.8 Å². The molecule has 0 spiro atoms. The molecular formula is C14H16ClN3O3S. The van der Waals surface area contributed by atoms with Gasteiger partial charge in [-0.3, -0.25) is 0 Å². The summed E-state index contributed by atoms with van der Waals surface area (Å²) in [6.07, 6.45) is 0.224. The maximum Gasteiger partial charge on any atom is 0.228 e. The van der Waals surface area contributed by atoms with Crippen LogP contribution in [0.5, 0.6) is 0 Å². The van der Waals surface area contributed by atoms with Gasteiger partial charge in [0.25, 0.3) is 0 Å². The van der Waals surface area contributed by atoms with Gasteiger partial charge in [0, 0.05) is 30.1 Å². The molecule has 0 amide bonds. The number of aryl methyl sites for hydroxylation is 1. The van der Waals surface area contributed by atoms with E-state index in [0.29, 0.717) is 29.8 Å². The lowest BCUT2D eigenvalue weighted by molar-refractivity contribution is 0.373. The number of hydrogen-bond donors (Lipinski definition) is 1. The zero-order valence-corrected chi connectivity index (χ0v) is 13.6. The van der Waals surface area contributed by atoms with Gasteiger partial charge in [-0.25, -0.2) is 8.42 Å². The Bertz CT molecular complexity index is 788. The molecule has 118 valence electrons. The number of halogens is 1. The molecule has 1 aromatic heterocycles. The van der Waals surface area contributed by atoms with Crippen LogP contribution in [0.25, 0.3) is 11.4 Å². The summed E-state index contributed by atoms with van der Waals surface area (Å²) in [6.45, 7) is 2.84. The minimum atomic E-state index is -3.10. The Hall–Kier alpha value is -1.44. The van der Waals surface area contributed by atoms with Gasteiger partial charge in [0.1, 0.15) is 0 Å². The molecule has 1 fully saturated rings. The van der Waals surface area contributed by atoms with Crippen molar-refractivity contribution in [3.8, 4) is 11.4 Å². The minimum Gasteiger partial charge on any atom is -0.339 e. The van der Waals surface area contributed by atoms with Crippen LogP contribution in [0.2, 0.25) is 5.02 Å². The summed E-state index contributed by atoms with van der Waals surface area (Å²) in [4.78, 5) is 4.31. The van der Waals surface area contributed by atoms with Crippen molar-refractivity contribution in [2.24, 2.45) is 0 Å². The first-order valence-corrected chi connectivity index (χ1v) is 9.06. The first kappa shape index (κ1) is 15.5. The maximum absolute atomic E-state index is 12.0. The van der Waals surface area contributed by atoms with E-state index in [1.807, 2.05) is 13.0 Å². The molecule has 0 aliphatic carbocycles. The Morgan fingerprint density at radius 1 is 1.45 bits per heavy atom. The van der Waals surface area contributed by atoms with E-state index in [2.05, 4.69) is 15.5 Å². The monoisotopic (exact) mass is 341 g/mol. The fourth-order valence-corrected chi connectivity index (χ4v) is 4.15. The van der Waals surface area contributed by atoms with Crippen LogP contribution in [-0.4, -0.2) is 42.7 Å². The molecule has 1 saturated heterocycles. The molecule has 8 heteroatoms. The van der Waals surface area contributed by atoms with Crippen LogP contribution in [0.1, 0.15) is 11.5 Å². The van der Waals surface area contributed by atoms with Crippen LogP contribution in [0.3, 0.4) is 0 Å². The Kier molecular flexibility index (Phi) is 4.20. The van der Waals surface area contributed by atoms with Crippen molar-refractivity contribution in [3.05, 3.63) is 34.7 Å². The van der Waals surface area contributed by atoms with Crippen molar-refractivity contribution in [2.45, 2.75) is 18.6 Å². The van der Waals surface area contributed by atoms with Crippen molar-refractivity contribution >= 4 is 21.4 Å². The van der Waals surface area contributed by atoms with E-state index in [-0.39, 0.29) is 12.2 Å². The van der Waals surface area contributed by atoms with Crippen molar-refractivity contribution < 1.29 is 12.9 Å². The number of nitrogens with zero attached hydrogens (tertiary/aromatic N) is 2. The number of rotatable bonds is 3. The highest BCUT2D eigenvalue weighted by molar-refractivity contribution is 7.92. The van der Waals surface area contributed by atoms with Crippen molar-refractivity contribution in [1.82, 2.24) is 15.5 Å². The molecular weight excluding hydrogens is 326 g/mol. The lowest BCUT2D eigenvalue weighted by Gasteiger charge is -2.21. The second-order valence-electron chi connectivity index (χ2n) is 5.37. The van der Waals surface area contributed by atoms with Crippen LogP contribution < -0.4 is 5.32 Å². The highest BCUT2D eigenvalue weighted by Crippen LogP contribution is 2.24. The van der Waals surface area contributed by atoms with Crippen LogP contribution in [-0.2, 0) is 16.3 Å². The smallest absolute Gasteiger partial charge is 0.228 e. The van der Waals surface area contributed by atoms with Crippen LogP contribution in [0, 0.1) is 6.92 Å². The number of sulfone groups is 1. The molecule has 1 aliphatic rings. The Morgan fingerprint density at radius 3 is 3.05 bits per heavy atom. The number of nitrogens with one attached hydrogen (secondary N) is 1. The summed E-state index contributed by atoms with van der Waals surface area (Å²) in [5.41, 5.74) is 1.76. The zero-order valence-electron chi connectivity index (χ0n) is 12.0. The van der Waals surface area contributed by atoms with E-state index >= 15 is 0 Å². The van der Waals surface area contributed by atoms with Crippen LogP contribution >= 0.6 is 11.6 Å². The second kappa shape index (κ2) is 5.98. The predicted molar refractivity (Wildman–Crippen MR) is 83.6 cm³/mol. The number of benzene rings is 1. The standard InChI is InChI=1S/C14H16ClN3O3S/c1-9-2-3-10(15)6-12(9)14-17-13(21-18-14)7-11-8-16-4-5-22(11,19)20/h2-3,6,11,16H,4-5,7-8H2,1H3. The van der Waals surface area contributed by atoms with Gasteiger partial charge in [-0.2, -0.15) is 4.98 Å². The van der Waals surface area contributed by atoms with E-state index in [1.165, 1.54) is 0 Å². The summed E-state index contributed by atoms with van der Waals surface area (Å²) in [6, 6.07) is 5.44. The van der Waals surface area contributed by atoms with E-state index in [1.54, 1.807) is 12.1 Å². The van der Waals surface area contributed by atoms with Gasteiger partial charge in [-0.15, -0.1) is 0 Å². The van der Waals surface area contributed by atoms with Gasteiger partial charge in [-0.05, 0) is 24.6 Å². The van der Waals surface area contributed by atoms with Gasteiger partial charge < -0.3 is 9.84 Å². The summed E-state index contributed by atoms with van der Waals surface area (Å²) in [7, 11) is -3.10. The topological polar surface area (TPSA) is 85.1 Å². The molecule has 1 aliphatic heterocycles. The van der Waals surface area contributed by atoms with Crippen molar-refractivity contribution in [3.63, 3.8) is 0 Å². The maximum atomic E-state index is 12.0. The number of aromatic nitrogens is 2. The van der Waals surface area contributed by atoms with Crippen molar-refractivity contribution in [2.75, 3.05) is 18.8 Å². The summed E-state index contributed by atoms with van der Waals surface area (Å²) < 4.78 is 29.2. The Labute approximate surface area is 133 Å². The number of hydrogen-bond acceptors (Lipinski definition) is 6. The van der Waals surface area contributed by atoms with Crippen molar-refractivity contribution in [1.29, 1.82) is 0 Å². The third kappa shape index (κ3) is 3.16. The lowest BCUT2D eigenvalue weighted by Crippen LogP contribution is -2.45. The Balaban J connectivity index is 1.83. The molecule has 1 N–H and O–H groups in total. The lowest BCUT2D eigenvalue weighted by atomic mass is 10.1. The molecule has 0 bridgehead atoms. The largest absolute Gasteiger partial charge is 0.339 e. The van der Waals surface area contributed by atoms with Crippen LogP contribution in [0.4, 0.5) is 0 Å². The molecule has 2 heterocycles. The van der Waals surface area contributed by atoms with E-state index in [4.69, 9.17) is 16.1 Å². The van der Waals surface area contributed by atoms with E-state index in [9.17, 15) is 8.42 Å². The molecule has 0 radical (unpaired) electrons. The first-order valence-electron chi connectivity index (χ1n) is 6.97. The molecule has 3 rings (SSSR count). The Morgan fingerprint density at radius 2 is 2.27 bits per heavy atom. The van der Waals surface area contributed by atoms with Gasteiger partial charge in [0.05, 0.1) is 11.0 Å². The molecule has 1 aromatic carbocycles. The fraction of sp³-hybridized carbons (Fsp3) is 0.429. The van der Waals surface area contributed by atoms with E-state index in [0.717, 1.165) is 11.1 Å². The third-order valence-electron chi connectivity index (χ3n) is 3.75. The summed E-state index contributed by atoms with van der Waals surface area (Å²) >= 11 is 5.99. The summed E-state index contributed by atoms with van der Waals surface area (Å²) in [5.74, 6) is 0.898. The van der Waals surface area contributed by atoms with Gasteiger partial charge >= 0.3 is 0 Å². The quantitative estimate of drug-likeness (QED) is 0.913. The zero-order chi connectivity index (χ0) is 15.7. The predicted octanol–water partition coefficient (Wildman–Crippen LogP) is 1.63. The average Bonchev–Trinajstić information content (AvgIpc) is 2.92. The third-order valence-corrected chi connectivity index (χ3v) is 6.11. The van der Waals surface area contributed by atoms with E-state index < -0.39 is 15.1 Å². The highest BCUT2D eigenvalue weighted by atomic mass is 35.5. The fourth-order valence-electron chi connectivity index (χ4n) is 2.45. The molecule has 1 atom stereocenters. The molecule has 6 nitrogen and oxygen atoms in total. The highest BCUT2D eigenvalue weighted by Gasteiger charge is 2.30. The normalized spacial score (nSPS) is 20.9. The molecule has 2 aromatic rings. The van der Waals surface area contributed by atoms with Crippen LogP contribution in [0.15, 0.2) is 22.7 Å². The second-order valence-corrected chi connectivity index (χ2v) is 8.21. The molecule has 22 heavy (non-hydrogen) atoms. The molecule has 1 unspecified atom stereocenters. The van der Waals surface area contributed by atoms with Gasteiger partial charge in [0.15, 0.2) is 9.84 Å². The SMILES string of the molecule is Cc1ccc(Cl)cc1-c1noc(CC2CNCCS2(=O)=O)n1. The average molecular weight is 342 g/mol. The minimum absolute atomic E-state index is 0.145. The van der Waals surface area contributed by atoms with Gasteiger partial charge in [0.2, 0.25) is 11.7 Å². The summed E-state index contributed by atoms with van der Waals surface area (Å²) in [5, 5.41) is 7.09. The first-order chi connectivity index (χ1) is 10.5. The molecule has 0 saturated carbocycles.